The predicted molar refractivity (Wildman–Crippen MR) is 150 cm³/mol. The third-order valence-corrected chi connectivity index (χ3v) is 5.58. The summed E-state index contributed by atoms with van der Waals surface area (Å²) in [5.41, 5.74) is 1.67. The molecule has 39 heavy (non-hydrogen) atoms. The number of nitrogens with zero attached hydrogens (tertiary/aromatic N) is 1. The molecule has 0 radical (unpaired) electrons. The Kier molecular flexibility index (Phi) is 10.7. The van der Waals surface area contributed by atoms with E-state index in [1.807, 2.05) is 36.4 Å². The zero-order chi connectivity index (χ0) is 28.2. The fourth-order valence-corrected chi connectivity index (χ4v) is 3.49. The second-order valence-electron chi connectivity index (χ2n) is 8.75. The molecule has 4 rings (SSSR count). The van der Waals surface area contributed by atoms with Gasteiger partial charge in [0.15, 0.2) is 0 Å². The monoisotopic (exact) mass is 529 g/mol. The van der Waals surface area contributed by atoms with Crippen molar-refractivity contribution < 1.29 is 33.4 Å². The maximum atomic E-state index is 11.4. The lowest BCUT2D eigenvalue weighted by Gasteiger charge is -2.07. The van der Waals surface area contributed by atoms with Crippen LogP contribution in [-0.2, 0) is 33.4 Å². The van der Waals surface area contributed by atoms with Crippen molar-refractivity contribution in [3.63, 3.8) is 0 Å². The molecule has 0 N–H and O–H groups in total. The molecule has 8 nitrogen and oxygen atoms in total. The van der Waals surface area contributed by atoms with Gasteiger partial charge in [0.2, 0.25) is 0 Å². The third-order valence-electron chi connectivity index (χ3n) is 5.58. The van der Waals surface area contributed by atoms with Crippen LogP contribution in [0.25, 0.3) is 21.5 Å². The fourth-order valence-electron chi connectivity index (χ4n) is 3.49. The molecule has 1 unspecified atom stereocenters. The Labute approximate surface area is 227 Å². The molecule has 3 aromatic rings. The van der Waals surface area contributed by atoms with Crippen LogP contribution in [0.3, 0.4) is 0 Å². The van der Waals surface area contributed by atoms with Crippen LogP contribution in [0.15, 0.2) is 96.7 Å². The number of esters is 2. The topological polar surface area (TPSA) is 104 Å². The zero-order valence-corrected chi connectivity index (χ0v) is 21.9. The molecule has 1 saturated heterocycles. The zero-order valence-electron chi connectivity index (χ0n) is 21.9. The van der Waals surface area contributed by atoms with Gasteiger partial charge in [0, 0.05) is 35.6 Å². The summed E-state index contributed by atoms with van der Waals surface area (Å²) in [5, 5.41) is 8.20. The Bertz CT molecular complexity index is 1360. The van der Waals surface area contributed by atoms with E-state index in [4.69, 9.17) is 19.0 Å². The van der Waals surface area contributed by atoms with E-state index in [1.165, 1.54) is 0 Å². The number of epoxide rings is 1. The second kappa shape index (κ2) is 14.4. The normalized spacial score (nSPS) is 13.7. The minimum atomic E-state index is -0.527. The van der Waals surface area contributed by atoms with Gasteiger partial charge in [-0.25, -0.2) is 14.4 Å². The minimum Gasteiger partial charge on any atom is -0.462 e. The molecule has 0 bridgehead atoms. The second-order valence-corrected chi connectivity index (χ2v) is 8.75. The number of carbonyl (C=O) groups is 3. The lowest BCUT2D eigenvalue weighted by molar-refractivity contribution is -0.141. The van der Waals surface area contributed by atoms with Crippen molar-refractivity contribution in [2.24, 2.45) is 5.16 Å². The van der Waals surface area contributed by atoms with E-state index >= 15 is 0 Å². The van der Waals surface area contributed by atoms with Crippen LogP contribution in [0.5, 0.6) is 0 Å². The Morgan fingerprint density at radius 1 is 0.974 bits per heavy atom. The van der Waals surface area contributed by atoms with Crippen molar-refractivity contribution in [3.05, 3.63) is 97.1 Å². The molecule has 1 atom stereocenters. The highest BCUT2D eigenvalue weighted by Crippen LogP contribution is 2.27. The van der Waals surface area contributed by atoms with Gasteiger partial charge in [-0.05, 0) is 34.5 Å². The molecule has 8 heteroatoms. The van der Waals surface area contributed by atoms with Crippen LogP contribution in [0.4, 0.5) is 0 Å². The average Bonchev–Trinajstić information content (AvgIpc) is 3.76. The van der Waals surface area contributed by atoms with Crippen LogP contribution in [0.2, 0.25) is 0 Å². The van der Waals surface area contributed by atoms with Crippen LogP contribution in [-0.4, -0.2) is 50.0 Å². The molecule has 202 valence electrons. The van der Waals surface area contributed by atoms with Crippen LogP contribution in [0.1, 0.15) is 25.3 Å². The predicted octanol–water partition coefficient (Wildman–Crippen LogP) is 5.44. The first-order valence-electron chi connectivity index (χ1n) is 12.4. The van der Waals surface area contributed by atoms with E-state index in [2.05, 4.69) is 43.1 Å². The van der Waals surface area contributed by atoms with Gasteiger partial charge < -0.3 is 19.0 Å². The quantitative estimate of drug-likeness (QED) is 0.0476. The van der Waals surface area contributed by atoms with Crippen molar-refractivity contribution in [2.75, 3.05) is 19.8 Å². The number of hydrogen-bond acceptors (Lipinski definition) is 8. The molecule has 1 fully saturated rings. The Balaban J connectivity index is 0.000000224. The van der Waals surface area contributed by atoms with Crippen LogP contribution >= 0.6 is 0 Å². The molecule has 0 amide bonds. The standard InChI is InChI=1S/C19H15NO2.C12H16O5/c1-13(2)19(21)22-20-12-18-16-9-5-3-7-14(16)11-15-8-4-6-10-17(15)18;1-3-11(13)15-5-4-6-16-12(14)9(2)7-10-8-17-10/h3-12H,1H2,2H3;3,10H,1-2,4-8H2. The Morgan fingerprint density at radius 3 is 2.13 bits per heavy atom. The number of oxime groups is 1. The number of benzene rings is 3. The van der Waals surface area contributed by atoms with E-state index in [1.54, 1.807) is 13.1 Å². The summed E-state index contributed by atoms with van der Waals surface area (Å²) in [6.45, 7) is 13.1. The summed E-state index contributed by atoms with van der Waals surface area (Å²) in [5.74, 6) is -1.43. The van der Waals surface area contributed by atoms with Gasteiger partial charge in [0.1, 0.15) is 0 Å². The molecule has 1 aliphatic rings. The molecule has 0 aliphatic carbocycles. The van der Waals surface area contributed by atoms with Gasteiger partial charge in [-0.3, -0.25) is 0 Å². The fraction of sp³-hybridized carbons (Fsp3) is 0.226. The summed E-state index contributed by atoms with van der Waals surface area (Å²) in [7, 11) is 0. The van der Waals surface area contributed by atoms with Gasteiger partial charge in [-0.2, -0.15) is 0 Å². The molecular weight excluding hydrogens is 498 g/mol. The first-order chi connectivity index (χ1) is 18.8. The van der Waals surface area contributed by atoms with Gasteiger partial charge in [-0.1, -0.05) is 73.4 Å². The highest BCUT2D eigenvalue weighted by Gasteiger charge is 2.25. The van der Waals surface area contributed by atoms with Gasteiger partial charge in [0.25, 0.3) is 0 Å². The van der Waals surface area contributed by atoms with Crippen LogP contribution in [0, 0.1) is 0 Å². The highest BCUT2D eigenvalue weighted by molar-refractivity contribution is 6.13. The molecule has 3 aromatic carbocycles. The minimum absolute atomic E-state index is 0.128. The van der Waals surface area contributed by atoms with E-state index in [9.17, 15) is 14.4 Å². The molecule has 0 spiro atoms. The van der Waals surface area contributed by atoms with Gasteiger partial charge in [-0.15, -0.1) is 0 Å². The SMILES string of the molecule is C=C(C)C(=O)ON=Cc1c2ccccc2cc2ccccc12.C=CC(=O)OCCCOC(=O)C(=C)CC1CO1. The molecule has 0 aromatic heterocycles. The van der Waals surface area contributed by atoms with E-state index in [0.29, 0.717) is 30.6 Å². The van der Waals surface area contributed by atoms with Crippen molar-refractivity contribution in [3.8, 4) is 0 Å². The summed E-state index contributed by atoms with van der Waals surface area (Å²) in [6, 6.07) is 18.3. The summed E-state index contributed by atoms with van der Waals surface area (Å²) >= 11 is 0. The van der Waals surface area contributed by atoms with Gasteiger partial charge in [0.05, 0.1) is 32.1 Å². The Morgan fingerprint density at radius 2 is 1.56 bits per heavy atom. The van der Waals surface area contributed by atoms with Crippen molar-refractivity contribution >= 4 is 45.7 Å². The lowest BCUT2D eigenvalue weighted by atomic mass is 9.97. The largest absolute Gasteiger partial charge is 0.462 e. The maximum Gasteiger partial charge on any atom is 0.360 e. The number of fused-ring (bicyclic) bond motifs is 2. The Hall–Kier alpha value is -4.56. The highest BCUT2D eigenvalue weighted by atomic mass is 16.7. The maximum absolute atomic E-state index is 11.4. The van der Waals surface area contributed by atoms with Crippen molar-refractivity contribution in [1.29, 1.82) is 0 Å². The third kappa shape index (κ3) is 9.05. The summed E-state index contributed by atoms with van der Waals surface area (Å²) in [6.07, 6.45) is 3.78. The smallest absolute Gasteiger partial charge is 0.360 e. The van der Waals surface area contributed by atoms with E-state index in [-0.39, 0.29) is 19.3 Å². The first kappa shape index (κ1) is 29.0. The molecule has 1 heterocycles. The number of rotatable bonds is 11. The number of carbonyl (C=O) groups excluding carboxylic acids is 3. The molecular formula is C31H31NO7. The summed E-state index contributed by atoms with van der Waals surface area (Å²) < 4.78 is 14.6. The van der Waals surface area contributed by atoms with Crippen molar-refractivity contribution in [1.82, 2.24) is 0 Å². The number of ether oxygens (including phenoxy) is 3. The van der Waals surface area contributed by atoms with E-state index < -0.39 is 17.9 Å². The average molecular weight is 530 g/mol. The first-order valence-corrected chi connectivity index (χ1v) is 12.4. The van der Waals surface area contributed by atoms with Crippen LogP contribution < -0.4 is 0 Å². The summed E-state index contributed by atoms with van der Waals surface area (Å²) in [4.78, 5) is 38.3. The van der Waals surface area contributed by atoms with E-state index in [0.717, 1.165) is 33.2 Å². The molecule has 0 saturated carbocycles. The molecule has 1 aliphatic heterocycles. The lowest BCUT2D eigenvalue weighted by Crippen LogP contribution is -2.12. The van der Waals surface area contributed by atoms with Gasteiger partial charge >= 0.3 is 17.9 Å². The number of hydrogen-bond donors (Lipinski definition) is 0. The van der Waals surface area contributed by atoms with Crippen molar-refractivity contribution in [2.45, 2.75) is 25.9 Å².